The number of hydrogen-bond donors (Lipinski definition) is 0. The lowest BCUT2D eigenvalue weighted by Gasteiger charge is -2.26. The number of fused-ring (bicyclic) bond motifs is 2. The maximum atomic E-state index is 12.5. The van der Waals surface area contributed by atoms with Gasteiger partial charge in [-0.2, -0.15) is 0 Å². The third-order valence-electron chi connectivity index (χ3n) is 5.18. The van der Waals surface area contributed by atoms with Crippen molar-refractivity contribution in [3.8, 4) is 0 Å². The van der Waals surface area contributed by atoms with Gasteiger partial charge in [0.15, 0.2) is 0 Å². The largest absolute Gasteiger partial charge is 0.490 e. The Morgan fingerprint density at radius 1 is 1.30 bits per heavy atom. The highest BCUT2D eigenvalue weighted by Crippen LogP contribution is 2.41. The topological polar surface area (TPSA) is 61.8 Å². The first-order valence-corrected chi connectivity index (χ1v) is 9.31. The van der Waals surface area contributed by atoms with Gasteiger partial charge in [-0.25, -0.2) is 9.59 Å². The van der Waals surface area contributed by atoms with E-state index in [0.717, 1.165) is 12.0 Å². The molecule has 144 valence electrons. The number of carbonyl (C=O) groups is 2. The quantitative estimate of drug-likeness (QED) is 0.428. The van der Waals surface area contributed by atoms with E-state index in [4.69, 9.17) is 14.2 Å². The molecule has 0 amide bonds. The number of ether oxygens (including phenoxy) is 3. The fourth-order valence-corrected chi connectivity index (χ4v) is 3.81. The summed E-state index contributed by atoms with van der Waals surface area (Å²) in [4.78, 5) is 24.7. The summed E-state index contributed by atoms with van der Waals surface area (Å²) in [6.45, 7) is 13.7. The monoisotopic (exact) mass is 370 g/mol. The molecule has 2 bridgehead atoms. The molecule has 0 saturated carbocycles. The average Bonchev–Trinajstić information content (AvgIpc) is 3.06. The molecule has 2 aliphatic heterocycles. The first-order chi connectivity index (χ1) is 12.8. The number of allylic oxidation sites excluding steroid dienone is 2. The molecule has 0 radical (unpaired) electrons. The summed E-state index contributed by atoms with van der Waals surface area (Å²) in [5.74, 6) is -0.491. The number of hydrogen-bond acceptors (Lipinski definition) is 5. The van der Waals surface area contributed by atoms with E-state index in [1.54, 1.807) is 6.92 Å². The molecule has 4 atom stereocenters. The summed E-state index contributed by atoms with van der Waals surface area (Å²) < 4.78 is 17.2. The van der Waals surface area contributed by atoms with Crippen molar-refractivity contribution < 1.29 is 23.8 Å². The van der Waals surface area contributed by atoms with Gasteiger partial charge in [0.2, 0.25) is 0 Å². The lowest BCUT2D eigenvalue weighted by Crippen LogP contribution is -2.33. The summed E-state index contributed by atoms with van der Waals surface area (Å²) in [6, 6.07) is 0. The Kier molecular flexibility index (Phi) is 5.40. The fraction of sp³-hybridized carbons (Fsp3) is 0.455. The number of carbonyl (C=O) groups excluding carboxylic acids is 2. The highest BCUT2D eigenvalue weighted by atomic mass is 16.6. The van der Waals surface area contributed by atoms with Crippen LogP contribution in [0.2, 0.25) is 0 Å². The molecule has 0 aromatic rings. The van der Waals surface area contributed by atoms with Crippen LogP contribution in [0.4, 0.5) is 0 Å². The van der Waals surface area contributed by atoms with Crippen molar-refractivity contribution in [2.45, 2.75) is 58.3 Å². The molecule has 1 aliphatic carbocycles. The minimum atomic E-state index is -0.539. The van der Waals surface area contributed by atoms with E-state index >= 15 is 0 Å². The highest BCUT2D eigenvalue weighted by Gasteiger charge is 2.44. The summed E-state index contributed by atoms with van der Waals surface area (Å²) in [5.41, 5.74) is 2.84. The molecule has 1 unspecified atom stereocenters. The Morgan fingerprint density at radius 3 is 2.74 bits per heavy atom. The molecule has 27 heavy (non-hydrogen) atoms. The van der Waals surface area contributed by atoms with Crippen LogP contribution in [0, 0.1) is 5.92 Å². The van der Waals surface area contributed by atoms with Gasteiger partial charge in [-0.05, 0) is 38.0 Å². The lowest BCUT2D eigenvalue weighted by molar-refractivity contribution is -0.145. The lowest BCUT2D eigenvalue weighted by atomic mass is 9.85. The molecule has 0 aromatic heterocycles. The van der Waals surface area contributed by atoms with Crippen LogP contribution in [0.5, 0.6) is 0 Å². The SMILES string of the molecule is C=C1OC2CC3=C[C@@H](C/C(C)=C/[C@@H](OC(=O)/C(C)=C/CC)[C@@H]2C1=C)OC3=O. The van der Waals surface area contributed by atoms with Gasteiger partial charge in [-0.15, -0.1) is 0 Å². The molecule has 3 aliphatic rings. The molecule has 1 fully saturated rings. The van der Waals surface area contributed by atoms with E-state index in [0.29, 0.717) is 35.3 Å². The standard InChI is InChI=1S/C22H26O5/c1-6-7-13(3)21(23)27-18-9-12(2)8-17-10-16(22(24)26-17)11-19-20(18)14(4)15(5)25-19/h7,9-10,17-20H,4-6,8,11H2,1-3H3/b12-9+,13-7+/t17-,18-,19?,20+/m1/s1. The molecule has 0 spiro atoms. The highest BCUT2D eigenvalue weighted by molar-refractivity contribution is 5.91. The van der Waals surface area contributed by atoms with Crippen molar-refractivity contribution in [1.82, 2.24) is 0 Å². The zero-order chi connectivity index (χ0) is 19.7. The van der Waals surface area contributed by atoms with Gasteiger partial charge in [0.05, 0.1) is 5.92 Å². The smallest absolute Gasteiger partial charge is 0.334 e. The van der Waals surface area contributed by atoms with Crippen molar-refractivity contribution in [2.24, 2.45) is 5.92 Å². The van der Waals surface area contributed by atoms with Crippen molar-refractivity contribution in [3.63, 3.8) is 0 Å². The Hall–Kier alpha value is -2.56. The summed E-state index contributed by atoms with van der Waals surface area (Å²) in [5, 5.41) is 0. The first-order valence-electron chi connectivity index (χ1n) is 9.31. The molecule has 5 heteroatoms. The normalized spacial score (nSPS) is 32.7. The fourth-order valence-electron chi connectivity index (χ4n) is 3.81. The third-order valence-corrected chi connectivity index (χ3v) is 5.18. The van der Waals surface area contributed by atoms with Crippen molar-refractivity contribution >= 4 is 11.9 Å². The van der Waals surface area contributed by atoms with Crippen LogP contribution < -0.4 is 0 Å². The molecule has 2 heterocycles. The molecule has 1 saturated heterocycles. The maximum absolute atomic E-state index is 12.5. The molecule has 3 rings (SSSR count). The Bertz CT molecular complexity index is 783. The Morgan fingerprint density at radius 2 is 2.04 bits per heavy atom. The second-order valence-corrected chi connectivity index (χ2v) is 7.35. The minimum absolute atomic E-state index is 0.286. The first kappa shape index (κ1) is 19.2. The van der Waals surface area contributed by atoms with E-state index < -0.39 is 6.10 Å². The van der Waals surface area contributed by atoms with Crippen LogP contribution in [0.15, 0.2) is 59.4 Å². The van der Waals surface area contributed by atoms with E-state index in [-0.39, 0.29) is 30.1 Å². The molecule has 0 N–H and O–H groups in total. The number of esters is 2. The van der Waals surface area contributed by atoms with Gasteiger partial charge in [-0.1, -0.05) is 31.7 Å². The molecule has 0 aromatic carbocycles. The zero-order valence-electron chi connectivity index (χ0n) is 16.1. The van der Waals surface area contributed by atoms with Crippen molar-refractivity contribution in [3.05, 3.63) is 59.4 Å². The van der Waals surface area contributed by atoms with E-state index in [9.17, 15) is 9.59 Å². The predicted octanol–water partition coefficient (Wildman–Crippen LogP) is 3.93. The van der Waals surface area contributed by atoms with Crippen molar-refractivity contribution in [1.29, 1.82) is 0 Å². The molecule has 5 nitrogen and oxygen atoms in total. The molecular weight excluding hydrogens is 344 g/mol. The van der Waals surface area contributed by atoms with Crippen LogP contribution >= 0.6 is 0 Å². The Labute approximate surface area is 160 Å². The maximum Gasteiger partial charge on any atom is 0.334 e. The van der Waals surface area contributed by atoms with Gasteiger partial charge in [0, 0.05) is 24.0 Å². The van der Waals surface area contributed by atoms with Crippen LogP contribution in [-0.2, 0) is 23.8 Å². The average molecular weight is 370 g/mol. The van der Waals surface area contributed by atoms with Crippen LogP contribution in [-0.4, -0.2) is 30.3 Å². The van der Waals surface area contributed by atoms with Gasteiger partial charge in [-0.3, -0.25) is 0 Å². The summed E-state index contributed by atoms with van der Waals surface area (Å²) >= 11 is 0. The van der Waals surface area contributed by atoms with Crippen LogP contribution in [0.3, 0.4) is 0 Å². The predicted molar refractivity (Wildman–Crippen MR) is 102 cm³/mol. The van der Waals surface area contributed by atoms with Gasteiger partial charge in [0.1, 0.15) is 24.1 Å². The Balaban J connectivity index is 1.96. The second-order valence-electron chi connectivity index (χ2n) is 7.35. The van der Waals surface area contributed by atoms with E-state index in [1.807, 2.05) is 32.1 Å². The van der Waals surface area contributed by atoms with E-state index in [1.165, 1.54) is 0 Å². The molecular formula is C22H26O5. The second kappa shape index (κ2) is 7.59. The summed E-state index contributed by atoms with van der Waals surface area (Å²) in [7, 11) is 0. The van der Waals surface area contributed by atoms with Gasteiger partial charge < -0.3 is 14.2 Å². The minimum Gasteiger partial charge on any atom is -0.490 e. The van der Waals surface area contributed by atoms with Gasteiger partial charge in [0.25, 0.3) is 0 Å². The third kappa shape index (κ3) is 3.92. The van der Waals surface area contributed by atoms with Crippen molar-refractivity contribution in [2.75, 3.05) is 0 Å². The van der Waals surface area contributed by atoms with Crippen LogP contribution in [0.1, 0.15) is 40.0 Å². The van der Waals surface area contributed by atoms with Crippen LogP contribution in [0.25, 0.3) is 0 Å². The summed E-state index contributed by atoms with van der Waals surface area (Å²) in [6.07, 6.45) is 6.13. The van der Waals surface area contributed by atoms with E-state index in [2.05, 4.69) is 13.2 Å². The van der Waals surface area contributed by atoms with Gasteiger partial charge >= 0.3 is 11.9 Å². The number of rotatable bonds is 3. The zero-order valence-corrected chi connectivity index (χ0v) is 16.1.